The summed E-state index contributed by atoms with van der Waals surface area (Å²) in [5.74, 6) is 1.38. The van der Waals surface area contributed by atoms with Gasteiger partial charge in [-0.2, -0.15) is 0 Å². The third-order valence-corrected chi connectivity index (χ3v) is 3.82. The summed E-state index contributed by atoms with van der Waals surface area (Å²) in [6, 6.07) is 12.1. The summed E-state index contributed by atoms with van der Waals surface area (Å²) in [6.07, 6.45) is 1.79. The van der Waals surface area contributed by atoms with Crippen LogP contribution >= 0.6 is 12.2 Å². The van der Waals surface area contributed by atoms with Crippen LogP contribution in [0.2, 0.25) is 0 Å². The topological polar surface area (TPSA) is 56.5 Å². The quantitative estimate of drug-likeness (QED) is 0.414. The highest BCUT2D eigenvalue weighted by Crippen LogP contribution is 2.28. The monoisotopic (exact) mass is 358 g/mol. The number of ether oxygens (including phenoxy) is 2. The Morgan fingerprint density at radius 2 is 1.84 bits per heavy atom. The van der Waals surface area contributed by atoms with Crippen LogP contribution in [0.25, 0.3) is 0 Å². The van der Waals surface area contributed by atoms with Gasteiger partial charge in [0, 0.05) is 12.6 Å². The first-order valence-corrected chi connectivity index (χ1v) is 8.37. The number of hydrogen-bond acceptors (Lipinski definition) is 3. The summed E-state index contributed by atoms with van der Waals surface area (Å²) in [5, 5.41) is 6.25. The summed E-state index contributed by atoms with van der Waals surface area (Å²) >= 11 is 4.99. The van der Waals surface area contributed by atoms with Crippen molar-refractivity contribution in [3.63, 3.8) is 0 Å². The molecule has 0 bridgehead atoms. The maximum atomic E-state index is 5.93. The predicted octanol–water partition coefficient (Wildman–Crippen LogP) is 1.40. The first-order chi connectivity index (χ1) is 12.0. The Labute approximate surface area is 154 Å². The number of benzene rings is 2. The fourth-order valence-electron chi connectivity index (χ4n) is 2.45. The molecule has 0 amide bonds. The summed E-state index contributed by atoms with van der Waals surface area (Å²) in [5.41, 5.74) is 7.37. The Bertz CT molecular complexity index is 755. The van der Waals surface area contributed by atoms with Crippen LogP contribution in [0.1, 0.15) is 22.3 Å². The molecule has 6 heteroatoms. The molecule has 3 N–H and O–H groups in total. The molecule has 0 atom stereocenters. The van der Waals surface area contributed by atoms with Gasteiger partial charge in [0.05, 0.1) is 7.11 Å². The molecule has 2 aromatic carbocycles. The van der Waals surface area contributed by atoms with Gasteiger partial charge in [-0.05, 0) is 49.8 Å². The van der Waals surface area contributed by atoms with E-state index in [0.29, 0.717) is 23.2 Å². The molecule has 5 nitrogen and oxygen atoms in total. The van der Waals surface area contributed by atoms with Gasteiger partial charge in [-0.1, -0.05) is 29.3 Å². The SMILES string of the molecule is CNC(=S)N[NH+]=Cc1ccc(OCc2cc(C)cc(C)c2)c(OC)c1. The van der Waals surface area contributed by atoms with E-state index < -0.39 is 0 Å². The van der Waals surface area contributed by atoms with Crippen LogP contribution < -0.4 is 25.3 Å². The van der Waals surface area contributed by atoms with Crippen molar-refractivity contribution in [2.45, 2.75) is 20.5 Å². The van der Waals surface area contributed by atoms with Crippen molar-refractivity contribution >= 4 is 23.5 Å². The van der Waals surface area contributed by atoms with Crippen molar-refractivity contribution < 1.29 is 14.6 Å². The normalized spacial score (nSPS) is 10.6. The second-order valence-electron chi connectivity index (χ2n) is 5.69. The second kappa shape index (κ2) is 9.03. The molecule has 132 valence electrons. The highest BCUT2D eigenvalue weighted by atomic mass is 32.1. The minimum absolute atomic E-state index is 0.498. The van der Waals surface area contributed by atoms with Gasteiger partial charge < -0.3 is 14.8 Å². The molecule has 0 saturated heterocycles. The average Bonchev–Trinajstić information content (AvgIpc) is 2.59. The van der Waals surface area contributed by atoms with Crippen molar-refractivity contribution in [3.05, 3.63) is 58.7 Å². The molecule has 0 aliphatic rings. The Hall–Kier alpha value is -2.60. The number of aryl methyl sites for hydroxylation is 2. The Balaban J connectivity index is 2.07. The Morgan fingerprint density at radius 1 is 1.12 bits per heavy atom. The van der Waals surface area contributed by atoms with Gasteiger partial charge in [-0.25, -0.2) is 0 Å². The van der Waals surface area contributed by atoms with Crippen molar-refractivity contribution in [1.29, 1.82) is 0 Å². The van der Waals surface area contributed by atoms with Crippen molar-refractivity contribution in [2.24, 2.45) is 0 Å². The minimum Gasteiger partial charge on any atom is -0.493 e. The third-order valence-electron chi connectivity index (χ3n) is 3.52. The van der Waals surface area contributed by atoms with E-state index in [-0.39, 0.29) is 0 Å². The molecular formula is C19H24N3O2S+. The van der Waals surface area contributed by atoms with Crippen LogP contribution in [0.3, 0.4) is 0 Å². The molecule has 0 unspecified atom stereocenters. The van der Waals surface area contributed by atoms with E-state index >= 15 is 0 Å². The lowest BCUT2D eigenvalue weighted by molar-refractivity contribution is -0.500. The molecule has 0 spiro atoms. The summed E-state index contributed by atoms with van der Waals surface area (Å²) in [4.78, 5) is 0. The van der Waals surface area contributed by atoms with Gasteiger partial charge >= 0.3 is 0 Å². The highest BCUT2D eigenvalue weighted by molar-refractivity contribution is 7.80. The Morgan fingerprint density at radius 3 is 2.48 bits per heavy atom. The number of methoxy groups -OCH3 is 1. The number of hydrazine groups is 1. The summed E-state index contributed by atoms with van der Waals surface area (Å²) in [7, 11) is 3.38. The maximum Gasteiger partial charge on any atom is 0.223 e. The maximum absolute atomic E-state index is 5.93. The van der Waals surface area contributed by atoms with Crippen LogP contribution in [0.15, 0.2) is 36.4 Å². The molecule has 0 radical (unpaired) electrons. The number of hydrazone groups is 1. The predicted molar refractivity (Wildman–Crippen MR) is 104 cm³/mol. The smallest absolute Gasteiger partial charge is 0.223 e. The summed E-state index contributed by atoms with van der Waals surface area (Å²) in [6.45, 7) is 4.67. The zero-order valence-electron chi connectivity index (χ0n) is 15.0. The third kappa shape index (κ3) is 5.76. The van der Waals surface area contributed by atoms with E-state index in [2.05, 4.69) is 47.9 Å². The van der Waals surface area contributed by atoms with Gasteiger partial charge in [0.2, 0.25) is 5.11 Å². The lowest BCUT2D eigenvalue weighted by Crippen LogP contribution is -2.82. The van der Waals surface area contributed by atoms with E-state index in [1.165, 1.54) is 11.1 Å². The first-order valence-electron chi connectivity index (χ1n) is 7.96. The van der Waals surface area contributed by atoms with Crippen LogP contribution in [-0.2, 0) is 6.61 Å². The number of thiocarbonyl (C=S) groups is 1. The number of nitrogens with one attached hydrogen (secondary N) is 3. The second-order valence-corrected chi connectivity index (χ2v) is 6.10. The van der Waals surface area contributed by atoms with Crippen LogP contribution in [0.5, 0.6) is 11.5 Å². The zero-order chi connectivity index (χ0) is 18.2. The fraction of sp³-hybridized carbons (Fsp3) is 0.263. The molecule has 0 heterocycles. The van der Waals surface area contributed by atoms with Gasteiger partial charge in [0.25, 0.3) is 0 Å². The van der Waals surface area contributed by atoms with Crippen molar-refractivity contribution in [2.75, 3.05) is 14.2 Å². The van der Waals surface area contributed by atoms with Crippen LogP contribution in [0, 0.1) is 13.8 Å². The number of hydrogen-bond donors (Lipinski definition) is 3. The molecule has 2 aromatic rings. The van der Waals surface area contributed by atoms with Gasteiger partial charge in [-0.3, -0.25) is 0 Å². The van der Waals surface area contributed by atoms with Crippen LogP contribution in [-0.4, -0.2) is 25.5 Å². The van der Waals surface area contributed by atoms with Crippen LogP contribution in [0.4, 0.5) is 0 Å². The molecule has 0 saturated carbocycles. The number of rotatable bonds is 6. The largest absolute Gasteiger partial charge is 0.493 e. The first kappa shape index (κ1) is 18.7. The standard InChI is InChI=1S/C19H23N3O2S/c1-13-7-14(2)9-16(8-13)12-24-17-6-5-15(10-18(17)23-4)11-21-22-19(25)20-3/h5-11H,12H2,1-4H3,(H2,20,22,25)/p+1. The zero-order valence-corrected chi connectivity index (χ0v) is 15.8. The summed E-state index contributed by atoms with van der Waals surface area (Å²) < 4.78 is 11.4. The molecule has 0 aliphatic carbocycles. The Kier molecular flexibility index (Phi) is 6.77. The van der Waals surface area contributed by atoms with E-state index in [4.69, 9.17) is 21.7 Å². The molecule has 0 aliphatic heterocycles. The van der Waals surface area contributed by atoms with Crippen molar-refractivity contribution in [3.8, 4) is 11.5 Å². The lowest BCUT2D eigenvalue weighted by Gasteiger charge is -2.12. The highest BCUT2D eigenvalue weighted by Gasteiger charge is 2.07. The fourth-order valence-corrected chi connectivity index (χ4v) is 2.51. The van der Waals surface area contributed by atoms with E-state index in [9.17, 15) is 0 Å². The lowest BCUT2D eigenvalue weighted by atomic mass is 10.1. The van der Waals surface area contributed by atoms with E-state index in [0.717, 1.165) is 11.1 Å². The van der Waals surface area contributed by atoms with Gasteiger partial charge in [0.15, 0.2) is 17.7 Å². The molecular weight excluding hydrogens is 334 g/mol. The molecule has 0 aromatic heterocycles. The molecule has 0 fully saturated rings. The van der Waals surface area contributed by atoms with Crippen molar-refractivity contribution in [1.82, 2.24) is 10.7 Å². The van der Waals surface area contributed by atoms with Gasteiger partial charge in [0.1, 0.15) is 6.61 Å². The minimum atomic E-state index is 0.498. The van der Waals surface area contributed by atoms with Gasteiger partial charge in [-0.15, -0.1) is 10.5 Å². The van der Waals surface area contributed by atoms with E-state index in [1.807, 2.05) is 18.2 Å². The van der Waals surface area contributed by atoms with E-state index in [1.54, 1.807) is 20.4 Å². The average molecular weight is 358 g/mol. The molecule has 25 heavy (non-hydrogen) atoms. The molecule has 2 rings (SSSR count).